The number of fused-ring (bicyclic) bond motifs is 1. The van der Waals surface area contributed by atoms with E-state index in [2.05, 4.69) is 37.3 Å². The van der Waals surface area contributed by atoms with Gasteiger partial charge in [0.25, 0.3) is 0 Å². The van der Waals surface area contributed by atoms with Crippen molar-refractivity contribution in [3.05, 3.63) is 47.0 Å². The molecule has 1 aliphatic rings. The first-order valence-electron chi connectivity index (χ1n) is 6.60. The molecule has 1 unspecified atom stereocenters. The summed E-state index contributed by atoms with van der Waals surface area (Å²) in [5.41, 5.74) is 4.64. The van der Waals surface area contributed by atoms with Gasteiger partial charge in [-0.25, -0.2) is 0 Å². The zero-order chi connectivity index (χ0) is 12.1. The number of allylic oxidation sites excluding steroid dienone is 2. The SMILES string of the molecule is CC(=CCCCl)CC1CCCc2ccccc21. The van der Waals surface area contributed by atoms with Gasteiger partial charge in [0.1, 0.15) is 0 Å². The highest BCUT2D eigenvalue weighted by Crippen LogP contribution is 2.35. The molecule has 0 fully saturated rings. The van der Waals surface area contributed by atoms with Crippen molar-refractivity contribution in [2.75, 3.05) is 5.88 Å². The highest BCUT2D eigenvalue weighted by atomic mass is 35.5. The van der Waals surface area contributed by atoms with E-state index >= 15 is 0 Å². The van der Waals surface area contributed by atoms with E-state index in [-0.39, 0.29) is 0 Å². The summed E-state index contributed by atoms with van der Waals surface area (Å²) in [6, 6.07) is 8.94. The van der Waals surface area contributed by atoms with Gasteiger partial charge in [-0.3, -0.25) is 0 Å². The minimum absolute atomic E-state index is 0.728. The zero-order valence-corrected chi connectivity index (χ0v) is 11.3. The van der Waals surface area contributed by atoms with Gasteiger partial charge in [-0.05, 0) is 56.1 Å². The predicted molar refractivity (Wildman–Crippen MR) is 75.8 cm³/mol. The number of benzene rings is 1. The summed E-state index contributed by atoms with van der Waals surface area (Å²) in [5, 5.41) is 0. The Kier molecular flexibility index (Phi) is 4.67. The second kappa shape index (κ2) is 6.26. The van der Waals surface area contributed by atoms with E-state index in [0.29, 0.717) is 0 Å². The van der Waals surface area contributed by atoms with Crippen LogP contribution in [0.25, 0.3) is 0 Å². The van der Waals surface area contributed by atoms with Crippen molar-refractivity contribution in [2.45, 2.75) is 44.9 Å². The monoisotopic (exact) mass is 248 g/mol. The van der Waals surface area contributed by atoms with Gasteiger partial charge in [-0.2, -0.15) is 0 Å². The molecule has 0 amide bonds. The third-order valence-corrected chi connectivity index (χ3v) is 3.88. The van der Waals surface area contributed by atoms with Gasteiger partial charge in [0.05, 0.1) is 0 Å². The molecular weight excluding hydrogens is 228 g/mol. The molecule has 0 saturated heterocycles. The third-order valence-electron chi connectivity index (χ3n) is 3.66. The summed E-state index contributed by atoms with van der Waals surface area (Å²) in [6.45, 7) is 2.24. The van der Waals surface area contributed by atoms with Crippen LogP contribution in [-0.2, 0) is 6.42 Å². The quantitative estimate of drug-likeness (QED) is 0.515. The van der Waals surface area contributed by atoms with E-state index in [1.807, 2.05) is 0 Å². The molecule has 2 rings (SSSR count). The van der Waals surface area contributed by atoms with Crippen LogP contribution < -0.4 is 0 Å². The molecule has 1 aliphatic carbocycles. The number of aryl methyl sites for hydroxylation is 1. The van der Waals surface area contributed by atoms with Crippen molar-refractivity contribution < 1.29 is 0 Å². The molecule has 92 valence electrons. The van der Waals surface area contributed by atoms with Gasteiger partial charge in [0, 0.05) is 5.88 Å². The standard InChI is InChI=1S/C16H21Cl/c1-13(6-5-11-17)12-15-9-4-8-14-7-2-3-10-16(14)15/h2-3,6-7,10,15H,4-5,8-9,11-12H2,1H3. The van der Waals surface area contributed by atoms with Gasteiger partial charge in [-0.15, -0.1) is 11.6 Å². The molecular formula is C16H21Cl. The maximum atomic E-state index is 5.72. The van der Waals surface area contributed by atoms with E-state index in [9.17, 15) is 0 Å². The summed E-state index contributed by atoms with van der Waals surface area (Å²) in [6.07, 6.45) is 8.44. The Labute approximate surface area is 110 Å². The molecule has 0 bridgehead atoms. The average Bonchev–Trinajstić information content (AvgIpc) is 2.37. The van der Waals surface area contributed by atoms with Crippen LogP contribution in [0.1, 0.15) is 49.7 Å². The van der Waals surface area contributed by atoms with Crippen LogP contribution in [0, 0.1) is 0 Å². The van der Waals surface area contributed by atoms with Crippen molar-refractivity contribution in [3.8, 4) is 0 Å². The second-order valence-electron chi connectivity index (χ2n) is 5.02. The van der Waals surface area contributed by atoms with Gasteiger partial charge in [0.2, 0.25) is 0 Å². The number of alkyl halides is 1. The lowest BCUT2D eigenvalue weighted by atomic mass is 9.79. The lowest BCUT2D eigenvalue weighted by Crippen LogP contribution is -2.09. The van der Waals surface area contributed by atoms with Crippen LogP contribution in [0.15, 0.2) is 35.9 Å². The molecule has 1 heteroatoms. The Hall–Kier alpha value is -0.750. The van der Waals surface area contributed by atoms with E-state index in [0.717, 1.165) is 18.2 Å². The Morgan fingerprint density at radius 3 is 3.06 bits per heavy atom. The van der Waals surface area contributed by atoms with Gasteiger partial charge in [0.15, 0.2) is 0 Å². The normalized spacial score (nSPS) is 20.1. The molecule has 0 spiro atoms. The molecule has 0 saturated carbocycles. The predicted octanol–water partition coefficient (Wildman–Crippen LogP) is 5.07. The molecule has 1 aromatic carbocycles. The van der Waals surface area contributed by atoms with Crippen molar-refractivity contribution in [1.82, 2.24) is 0 Å². The average molecular weight is 249 g/mol. The fourth-order valence-corrected chi connectivity index (χ4v) is 2.95. The molecule has 0 aromatic heterocycles. The Bertz CT molecular complexity index is 392. The molecule has 0 radical (unpaired) electrons. The first-order chi connectivity index (χ1) is 8.31. The van der Waals surface area contributed by atoms with Crippen LogP contribution in [0.4, 0.5) is 0 Å². The highest BCUT2D eigenvalue weighted by molar-refractivity contribution is 6.17. The summed E-state index contributed by atoms with van der Waals surface area (Å²) in [4.78, 5) is 0. The van der Waals surface area contributed by atoms with Gasteiger partial charge in [-0.1, -0.05) is 35.9 Å². The van der Waals surface area contributed by atoms with Crippen molar-refractivity contribution >= 4 is 11.6 Å². The molecule has 0 N–H and O–H groups in total. The molecule has 0 nitrogen and oxygen atoms in total. The Morgan fingerprint density at radius 2 is 2.24 bits per heavy atom. The summed E-state index contributed by atoms with van der Waals surface area (Å²) in [7, 11) is 0. The van der Waals surface area contributed by atoms with E-state index in [1.54, 1.807) is 11.1 Å². The van der Waals surface area contributed by atoms with Gasteiger partial charge >= 0.3 is 0 Å². The van der Waals surface area contributed by atoms with Crippen LogP contribution in [-0.4, -0.2) is 5.88 Å². The fraction of sp³-hybridized carbons (Fsp3) is 0.500. The maximum absolute atomic E-state index is 5.72. The first-order valence-corrected chi connectivity index (χ1v) is 7.14. The van der Waals surface area contributed by atoms with Gasteiger partial charge < -0.3 is 0 Å². The van der Waals surface area contributed by atoms with E-state index in [4.69, 9.17) is 11.6 Å². The van der Waals surface area contributed by atoms with Crippen molar-refractivity contribution in [3.63, 3.8) is 0 Å². The number of hydrogen-bond acceptors (Lipinski definition) is 0. The number of halogens is 1. The van der Waals surface area contributed by atoms with Crippen molar-refractivity contribution in [1.29, 1.82) is 0 Å². The summed E-state index contributed by atoms with van der Waals surface area (Å²) >= 11 is 5.72. The van der Waals surface area contributed by atoms with Crippen LogP contribution in [0.3, 0.4) is 0 Å². The molecule has 1 aromatic rings. The molecule has 0 heterocycles. The minimum atomic E-state index is 0.728. The van der Waals surface area contributed by atoms with Crippen molar-refractivity contribution in [2.24, 2.45) is 0 Å². The molecule has 0 aliphatic heterocycles. The van der Waals surface area contributed by atoms with E-state index < -0.39 is 0 Å². The summed E-state index contributed by atoms with van der Waals surface area (Å²) in [5.74, 6) is 1.46. The van der Waals surface area contributed by atoms with Crippen LogP contribution in [0.2, 0.25) is 0 Å². The lowest BCUT2D eigenvalue weighted by Gasteiger charge is -2.25. The zero-order valence-electron chi connectivity index (χ0n) is 10.6. The second-order valence-corrected chi connectivity index (χ2v) is 5.40. The lowest BCUT2D eigenvalue weighted by molar-refractivity contribution is 0.548. The number of hydrogen-bond donors (Lipinski definition) is 0. The smallest absolute Gasteiger partial charge is 0.0258 e. The Morgan fingerprint density at radius 1 is 1.41 bits per heavy atom. The fourth-order valence-electron chi connectivity index (χ4n) is 2.84. The third kappa shape index (κ3) is 3.35. The Balaban J connectivity index is 2.08. The maximum Gasteiger partial charge on any atom is 0.0258 e. The molecule has 17 heavy (non-hydrogen) atoms. The first kappa shape index (κ1) is 12.7. The number of rotatable bonds is 4. The minimum Gasteiger partial charge on any atom is -0.126 e. The summed E-state index contributed by atoms with van der Waals surface area (Å²) < 4.78 is 0. The molecule has 1 atom stereocenters. The van der Waals surface area contributed by atoms with E-state index in [1.165, 1.54) is 31.3 Å². The largest absolute Gasteiger partial charge is 0.126 e. The van der Waals surface area contributed by atoms with Crippen LogP contribution in [0.5, 0.6) is 0 Å². The highest BCUT2D eigenvalue weighted by Gasteiger charge is 2.19. The topological polar surface area (TPSA) is 0 Å². The van der Waals surface area contributed by atoms with Crippen LogP contribution >= 0.6 is 11.6 Å².